The minimum atomic E-state index is -4.06. The summed E-state index contributed by atoms with van der Waals surface area (Å²) in [6, 6.07) is 17.1. The van der Waals surface area contributed by atoms with Crippen LogP contribution in [0.25, 0.3) is 10.8 Å². The molecule has 0 aliphatic carbocycles. The molecule has 0 unspecified atom stereocenters. The van der Waals surface area contributed by atoms with Crippen molar-refractivity contribution in [3.63, 3.8) is 0 Å². The molecule has 3 aromatic rings. The van der Waals surface area contributed by atoms with E-state index in [2.05, 4.69) is 14.4 Å². The molecule has 7 heteroatoms. The van der Waals surface area contributed by atoms with Crippen molar-refractivity contribution in [1.82, 2.24) is 0 Å². The fraction of sp³-hybridized carbons (Fsp3) is 0.0588. The van der Waals surface area contributed by atoms with Crippen LogP contribution in [0.1, 0.15) is 0 Å². The molecule has 6 nitrogen and oxygen atoms in total. The summed E-state index contributed by atoms with van der Waals surface area (Å²) in [4.78, 5) is -0.235. The molecule has 3 aromatic carbocycles. The summed E-state index contributed by atoms with van der Waals surface area (Å²) in [5.74, 6) is -0.261. The standard InChI is InChI=1S/C17H14N2O4S/c1-23-24(21,22)15-11-12-7-5-6-10-14(12)17(20)16(15)19-18-13-8-3-2-4-9-13/h2-11,20H,1H3. The maximum absolute atomic E-state index is 12.2. The SMILES string of the molecule is COS(=O)(=O)c1cc2ccccc2c(O)c1N=Nc1ccccc1. The molecule has 0 amide bonds. The Balaban J connectivity index is 2.26. The highest BCUT2D eigenvalue weighted by atomic mass is 32.2. The number of azo groups is 1. The van der Waals surface area contributed by atoms with E-state index < -0.39 is 10.1 Å². The molecular formula is C17H14N2O4S. The van der Waals surface area contributed by atoms with Crippen molar-refractivity contribution in [2.45, 2.75) is 4.90 Å². The van der Waals surface area contributed by atoms with E-state index in [1.54, 1.807) is 48.5 Å². The van der Waals surface area contributed by atoms with Crippen molar-refractivity contribution in [3.8, 4) is 5.75 Å². The van der Waals surface area contributed by atoms with Gasteiger partial charge < -0.3 is 5.11 Å². The largest absolute Gasteiger partial charge is 0.505 e. The van der Waals surface area contributed by atoms with Gasteiger partial charge in [0.2, 0.25) is 0 Å². The average Bonchev–Trinajstić information content (AvgIpc) is 2.61. The highest BCUT2D eigenvalue weighted by molar-refractivity contribution is 7.87. The van der Waals surface area contributed by atoms with Crippen molar-refractivity contribution < 1.29 is 17.7 Å². The Morgan fingerprint density at radius 1 is 0.958 bits per heavy atom. The third-order valence-corrected chi connectivity index (χ3v) is 4.76. The van der Waals surface area contributed by atoms with E-state index in [1.165, 1.54) is 6.07 Å². The first-order valence-electron chi connectivity index (χ1n) is 7.05. The van der Waals surface area contributed by atoms with Gasteiger partial charge in [0.05, 0.1) is 12.8 Å². The second-order valence-electron chi connectivity index (χ2n) is 4.95. The first kappa shape index (κ1) is 16.1. The molecule has 1 N–H and O–H groups in total. The van der Waals surface area contributed by atoms with E-state index in [-0.39, 0.29) is 16.3 Å². The number of phenols is 1. The van der Waals surface area contributed by atoms with E-state index in [0.29, 0.717) is 16.5 Å². The zero-order valence-corrected chi connectivity index (χ0v) is 13.6. The molecule has 3 rings (SSSR count). The Morgan fingerprint density at radius 3 is 2.33 bits per heavy atom. The second-order valence-corrected chi connectivity index (χ2v) is 6.63. The lowest BCUT2D eigenvalue weighted by molar-refractivity contribution is 0.397. The molecule has 0 spiro atoms. The van der Waals surface area contributed by atoms with Crippen LogP contribution in [-0.4, -0.2) is 20.6 Å². The Bertz CT molecular complexity index is 1020. The summed E-state index contributed by atoms with van der Waals surface area (Å²) in [5.41, 5.74) is 0.380. The van der Waals surface area contributed by atoms with Crippen LogP contribution in [0.2, 0.25) is 0 Å². The Morgan fingerprint density at radius 2 is 1.62 bits per heavy atom. The number of hydrogen-bond acceptors (Lipinski definition) is 6. The predicted octanol–water partition coefficient (Wildman–Crippen LogP) is 4.30. The van der Waals surface area contributed by atoms with Gasteiger partial charge in [0.15, 0.2) is 5.75 Å². The van der Waals surface area contributed by atoms with Gasteiger partial charge in [-0.3, -0.25) is 4.18 Å². The van der Waals surface area contributed by atoms with Crippen molar-refractivity contribution in [2.75, 3.05) is 7.11 Å². The van der Waals surface area contributed by atoms with Crippen molar-refractivity contribution in [2.24, 2.45) is 10.2 Å². The minimum Gasteiger partial charge on any atom is -0.505 e. The maximum Gasteiger partial charge on any atom is 0.299 e. The van der Waals surface area contributed by atoms with Crippen LogP contribution < -0.4 is 0 Å². The molecule has 0 atom stereocenters. The first-order valence-corrected chi connectivity index (χ1v) is 8.46. The Labute approximate surface area is 139 Å². The van der Waals surface area contributed by atoms with Gasteiger partial charge in [-0.25, -0.2) is 0 Å². The number of hydrogen-bond donors (Lipinski definition) is 1. The fourth-order valence-corrected chi connectivity index (χ4v) is 3.10. The van der Waals surface area contributed by atoms with Gasteiger partial charge in [-0.2, -0.15) is 13.5 Å². The summed E-state index contributed by atoms with van der Waals surface area (Å²) in [7, 11) is -3.01. The third-order valence-electron chi connectivity index (χ3n) is 3.47. The van der Waals surface area contributed by atoms with Crippen molar-refractivity contribution in [3.05, 3.63) is 60.7 Å². The molecule has 0 radical (unpaired) electrons. The summed E-state index contributed by atoms with van der Waals surface area (Å²) in [5, 5.41) is 19.5. The van der Waals surface area contributed by atoms with Crippen LogP contribution in [0.3, 0.4) is 0 Å². The van der Waals surface area contributed by atoms with Gasteiger partial charge in [-0.15, -0.1) is 5.11 Å². The molecule has 0 heterocycles. The molecule has 0 bridgehead atoms. The van der Waals surface area contributed by atoms with E-state index >= 15 is 0 Å². The van der Waals surface area contributed by atoms with Crippen LogP contribution in [0.5, 0.6) is 5.75 Å². The normalized spacial score (nSPS) is 12.0. The molecule has 122 valence electrons. The van der Waals surface area contributed by atoms with Gasteiger partial charge in [0.1, 0.15) is 10.6 Å². The number of aromatic hydroxyl groups is 1. The number of nitrogens with zero attached hydrogens (tertiary/aromatic N) is 2. The highest BCUT2D eigenvalue weighted by Gasteiger charge is 2.23. The molecule has 0 aliphatic rings. The van der Waals surface area contributed by atoms with Gasteiger partial charge in [-0.1, -0.05) is 42.5 Å². The Hall–Kier alpha value is -2.77. The smallest absolute Gasteiger partial charge is 0.299 e. The summed E-state index contributed by atoms with van der Waals surface area (Å²) < 4.78 is 29.0. The van der Waals surface area contributed by atoms with Crippen LogP contribution >= 0.6 is 0 Å². The first-order chi connectivity index (χ1) is 11.5. The highest BCUT2D eigenvalue weighted by Crippen LogP contribution is 2.41. The van der Waals surface area contributed by atoms with Gasteiger partial charge in [-0.05, 0) is 23.6 Å². The van der Waals surface area contributed by atoms with Crippen LogP contribution in [-0.2, 0) is 14.3 Å². The van der Waals surface area contributed by atoms with E-state index in [1.807, 2.05) is 6.07 Å². The quantitative estimate of drug-likeness (QED) is 0.565. The molecule has 0 aromatic heterocycles. The summed E-state index contributed by atoms with van der Waals surface area (Å²) >= 11 is 0. The average molecular weight is 342 g/mol. The third kappa shape index (κ3) is 2.99. The molecule has 0 saturated carbocycles. The zero-order valence-electron chi connectivity index (χ0n) is 12.7. The summed E-state index contributed by atoms with van der Waals surface area (Å²) in [6.07, 6.45) is 0. The van der Waals surface area contributed by atoms with Gasteiger partial charge in [0.25, 0.3) is 10.1 Å². The Kier molecular flexibility index (Phi) is 4.28. The number of rotatable bonds is 4. The van der Waals surface area contributed by atoms with Gasteiger partial charge >= 0.3 is 0 Å². The molecular weight excluding hydrogens is 328 g/mol. The van der Waals surface area contributed by atoms with Gasteiger partial charge in [0, 0.05) is 5.39 Å². The molecule has 0 saturated heterocycles. The van der Waals surface area contributed by atoms with Crippen LogP contribution in [0.15, 0.2) is 75.8 Å². The van der Waals surface area contributed by atoms with E-state index in [4.69, 9.17) is 0 Å². The number of benzene rings is 3. The van der Waals surface area contributed by atoms with Crippen LogP contribution in [0.4, 0.5) is 11.4 Å². The maximum atomic E-state index is 12.2. The monoisotopic (exact) mass is 342 g/mol. The van der Waals surface area contributed by atoms with Crippen molar-refractivity contribution >= 4 is 32.3 Å². The lowest BCUT2D eigenvalue weighted by Crippen LogP contribution is -2.03. The molecule has 24 heavy (non-hydrogen) atoms. The number of phenolic OH excluding ortho intramolecular Hbond substituents is 1. The van der Waals surface area contributed by atoms with Crippen molar-refractivity contribution in [1.29, 1.82) is 0 Å². The zero-order chi connectivity index (χ0) is 17.2. The lowest BCUT2D eigenvalue weighted by atomic mass is 10.1. The fourth-order valence-electron chi connectivity index (χ4n) is 2.27. The van der Waals surface area contributed by atoms with Crippen LogP contribution in [0, 0.1) is 0 Å². The predicted molar refractivity (Wildman–Crippen MR) is 90.4 cm³/mol. The number of fused-ring (bicyclic) bond motifs is 1. The van der Waals surface area contributed by atoms with E-state index in [9.17, 15) is 13.5 Å². The summed E-state index contributed by atoms with van der Waals surface area (Å²) in [6.45, 7) is 0. The topological polar surface area (TPSA) is 88.3 Å². The second kappa shape index (κ2) is 6.38. The lowest BCUT2D eigenvalue weighted by Gasteiger charge is -2.10. The molecule has 0 aliphatic heterocycles. The molecule has 0 fully saturated rings. The van der Waals surface area contributed by atoms with E-state index in [0.717, 1.165) is 7.11 Å². The minimum absolute atomic E-state index is 0.153.